The lowest BCUT2D eigenvalue weighted by molar-refractivity contribution is 0.686. The maximum absolute atomic E-state index is 4.37. The second-order valence-corrected chi connectivity index (χ2v) is 5.39. The molecular formula is C17H17N3. The Morgan fingerprint density at radius 1 is 1.15 bits per heavy atom. The highest BCUT2D eigenvalue weighted by Crippen LogP contribution is 2.28. The number of hydrogen-bond donors (Lipinski definition) is 1. The number of nitrogens with one attached hydrogen (secondary N) is 1. The van der Waals surface area contributed by atoms with Crippen LogP contribution in [0.1, 0.15) is 17.7 Å². The van der Waals surface area contributed by atoms with Crippen molar-refractivity contribution in [1.82, 2.24) is 9.97 Å². The minimum Gasteiger partial charge on any atom is -0.365 e. The van der Waals surface area contributed by atoms with E-state index in [0.29, 0.717) is 0 Å². The van der Waals surface area contributed by atoms with Crippen LogP contribution in [0.15, 0.2) is 48.7 Å². The molecule has 0 spiro atoms. The number of nitrogens with zero attached hydrogens (tertiary/aromatic N) is 2. The zero-order valence-corrected chi connectivity index (χ0v) is 11.3. The first-order valence-corrected chi connectivity index (χ1v) is 7.16. The summed E-state index contributed by atoms with van der Waals surface area (Å²) in [5.74, 6) is 0. The highest BCUT2D eigenvalue weighted by atomic mass is 15.1. The average molecular weight is 263 g/mol. The van der Waals surface area contributed by atoms with E-state index < -0.39 is 0 Å². The van der Waals surface area contributed by atoms with Crippen LogP contribution < -0.4 is 4.90 Å². The van der Waals surface area contributed by atoms with E-state index in [0.717, 1.165) is 18.7 Å². The number of para-hydroxylation sites is 1. The summed E-state index contributed by atoms with van der Waals surface area (Å²) in [4.78, 5) is 10.2. The van der Waals surface area contributed by atoms with Crippen molar-refractivity contribution in [3.63, 3.8) is 0 Å². The molecule has 1 aliphatic heterocycles. The van der Waals surface area contributed by atoms with Crippen LogP contribution in [0.25, 0.3) is 11.0 Å². The zero-order valence-electron chi connectivity index (χ0n) is 11.3. The summed E-state index contributed by atoms with van der Waals surface area (Å²) in [5, 5.41) is 1.19. The lowest BCUT2D eigenvalue weighted by atomic mass is 10.0. The highest BCUT2D eigenvalue weighted by molar-refractivity contribution is 5.76. The van der Waals surface area contributed by atoms with E-state index >= 15 is 0 Å². The number of aryl methyl sites for hydroxylation is 1. The fraction of sp³-hybridized carbons (Fsp3) is 0.235. The zero-order chi connectivity index (χ0) is 13.4. The minimum atomic E-state index is 0.924. The van der Waals surface area contributed by atoms with Gasteiger partial charge in [0.2, 0.25) is 0 Å². The summed E-state index contributed by atoms with van der Waals surface area (Å²) in [6, 6.07) is 15.0. The molecule has 0 atom stereocenters. The highest BCUT2D eigenvalue weighted by Gasteiger charge is 2.16. The average Bonchev–Trinajstić information content (AvgIpc) is 2.90. The SMILES string of the molecule is c1ccc2c(c1)CCCN2Cc1cc2cccnc2[nH]1. The molecule has 0 aliphatic carbocycles. The molecule has 3 nitrogen and oxygen atoms in total. The summed E-state index contributed by atoms with van der Waals surface area (Å²) in [5.41, 5.74) is 5.06. The first-order chi connectivity index (χ1) is 9.90. The van der Waals surface area contributed by atoms with Crippen molar-refractivity contribution in [2.24, 2.45) is 0 Å². The Kier molecular flexibility index (Phi) is 2.69. The molecule has 3 aromatic rings. The van der Waals surface area contributed by atoms with Gasteiger partial charge in [-0.3, -0.25) is 0 Å². The molecule has 2 aromatic heterocycles. The van der Waals surface area contributed by atoms with Crippen LogP contribution in [0.4, 0.5) is 5.69 Å². The van der Waals surface area contributed by atoms with Gasteiger partial charge in [-0.05, 0) is 42.7 Å². The van der Waals surface area contributed by atoms with Crippen LogP contribution in [0.3, 0.4) is 0 Å². The molecule has 1 aliphatic rings. The van der Waals surface area contributed by atoms with Crippen LogP contribution in [0.5, 0.6) is 0 Å². The van der Waals surface area contributed by atoms with Crippen molar-refractivity contribution < 1.29 is 0 Å². The Morgan fingerprint density at radius 3 is 3.05 bits per heavy atom. The second kappa shape index (κ2) is 4.67. The number of aromatic nitrogens is 2. The maximum Gasteiger partial charge on any atom is 0.137 e. The summed E-state index contributed by atoms with van der Waals surface area (Å²) in [6.07, 6.45) is 4.26. The molecule has 20 heavy (non-hydrogen) atoms. The van der Waals surface area contributed by atoms with Gasteiger partial charge in [-0.15, -0.1) is 0 Å². The van der Waals surface area contributed by atoms with Crippen LogP contribution >= 0.6 is 0 Å². The molecule has 0 bridgehead atoms. The molecule has 0 fully saturated rings. The van der Waals surface area contributed by atoms with Crippen molar-refractivity contribution in [2.75, 3.05) is 11.4 Å². The molecule has 1 N–H and O–H groups in total. The predicted molar refractivity (Wildman–Crippen MR) is 81.9 cm³/mol. The van der Waals surface area contributed by atoms with Crippen molar-refractivity contribution in [3.05, 3.63) is 59.9 Å². The van der Waals surface area contributed by atoms with Gasteiger partial charge < -0.3 is 9.88 Å². The van der Waals surface area contributed by atoms with Gasteiger partial charge in [-0.1, -0.05) is 18.2 Å². The Balaban J connectivity index is 1.66. The summed E-state index contributed by atoms with van der Waals surface area (Å²) in [7, 11) is 0. The topological polar surface area (TPSA) is 31.9 Å². The Labute approximate surface area is 118 Å². The smallest absolute Gasteiger partial charge is 0.137 e. The lowest BCUT2D eigenvalue weighted by Gasteiger charge is -2.30. The first kappa shape index (κ1) is 11.5. The quantitative estimate of drug-likeness (QED) is 0.767. The number of aromatic amines is 1. The molecule has 3 heterocycles. The molecule has 3 heteroatoms. The number of benzene rings is 1. The Bertz CT molecular complexity index is 712. The standard InChI is InChI=1S/C17H17N3/c1-2-8-16-13(5-1)7-4-10-20(16)12-15-11-14-6-3-9-18-17(14)19-15/h1-3,5-6,8-9,11H,4,7,10,12H2,(H,18,19). The number of rotatable bonds is 2. The predicted octanol–water partition coefficient (Wildman–Crippen LogP) is 3.52. The van der Waals surface area contributed by atoms with Crippen LogP contribution in [-0.4, -0.2) is 16.5 Å². The van der Waals surface area contributed by atoms with E-state index in [-0.39, 0.29) is 0 Å². The summed E-state index contributed by atoms with van der Waals surface area (Å²) < 4.78 is 0. The van der Waals surface area contributed by atoms with Crippen molar-refractivity contribution in [2.45, 2.75) is 19.4 Å². The third-order valence-electron chi connectivity index (χ3n) is 4.02. The van der Waals surface area contributed by atoms with E-state index in [1.54, 1.807) is 0 Å². The molecule has 100 valence electrons. The van der Waals surface area contributed by atoms with Gasteiger partial charge in [0, 0.05) is 29.5 Å². The molecule has 0 amide bonds. The largest absolute Gasteiger partial charge is 0.365 e. The van der Waals surface area contributed by atoms with Gasteiger partial charge in [-0.2, -0.15) is 0 Å². The van der Waals surface area contributed by atoms with Crippen molar-refractivity contribution >= 4 is 16.7 Å². The second-order valence-electron chi connectivity index (χ2n) is 5.39. The van der Waals surface area contributed by atoms with E-state index in [1.807, 2.05) is 12.3 Å². The Hall–Kier alpha value is -2.29. The van der Waals surface area contributed by atoms with Crippen molar-refractivity contribution in [3.8, 4) is 0 Å². The van der Waals surface area contributed by atoms with Crippen LogP contribution in [-0.2, 0) is 13.0 Å². The molecule has 0 radical (unpaired) electrons. The molecule has 0 saturated heterocycles. The number of fused-ring (bicyclic) bond motifs is 2. The van der Waals surface area contributed by atoms with Crippen molar-refractivity contribution in [1.29, 1.82) is 0 Å². The van der Waals surface area contributed by atoms with Gasteiger partial charge >= 0.3 is 0 Å². The van der Waals surface area contributed by atoms with Gasteiger partial charge in [0.05, 0.1) is 6.54 Å². The summed E-state index contributed by atoms with van der Waals surface area (Å²) >= 11 is 0. The minimum absolute atomic E-state index is 0.924. The molecule has 0 saturated carbocycles. The lowest BCUT2D eigenvalue weighted by Crippen LogP contribution is -2.28. The summed E-state index contributed by atoms with van der Waals surface area (Å²) in [6.45, 7) is 2.05. The Morgan fingerprint density at radius 2 is 2.10 bits per heavy atom. The van der Waals surface area contributed by atoms with Gasteiger partial charge in [-0.25, -0.2) is 4.98 Å². The third-order valence-corrected chi connectivity index (χ3v) is 4.02. The number of H-pyrrole nitrogens is 1. The number of anilines is 1. The van der Waals surface area contributed by atoms with E-state index in [2.05, 4.69) is 51.3 Å². The van der Waals surface area contributed by atoms with Crippen LogP contribution in [0, 0.1) is 0 Å². The molecule has 0 unspecified atom stereocenters. The van der Waals surface area contributed by atoms with Gasteiger partial charge in [0.15, 0.2) is 0 Å². The van der Waals surface area contributed by atoms with Crippen LogP contribution in [0.2, 0.25) is 0 Å². The van der Waals surface area contributed by atoms with E-state index in [1.165, 1.54) is 35.2 Å². The molecular weight excluding hydrogens is 246 g/mol. The maximum atomic E-state index is 4.37. The number of hydrogen-bond acceptors (Lipinski definition) is 2. The van der Waals surface area contributed by atoms with E-state index in [9.17, 15) is 0 Å². The monoisotopic (exact) mass is 263 g/mol. The molecule has 1 aromatic carbocycles. The number of pyridine rings is 1. The fourth-order valence-corrected chi connectivity index (χ4v) is 3.08. The van der Waals surface area contributed by atoms with Gasteiger partial charge in [0.1, 0.15) is 5.65 Å². The van der Waals surface area contributed by atoms with Gasteiger partial charge in [0.25, 0.3) is 0 Å². The molecule has 4 rings (SSSR count). The fourth-order valence-electron chi connectivity index (χ4n) is 3.08. The normalized spacial score (nSPS) is 14.5. The third kappa shape index (κ3) is 1.95. The first-order valence-electron chi connectivity index (χ1n) is 7.16. The van der Waals surface area contributed by atoms with E-state index in [4.69, 9.17) is 0 Å².